The zero-order chi connectivity index (χ0) is 17.7. The molecule has 0 unspecified atom stereocenters. The van der Waals surface area contributed by atoms with Gasteiger partial charge in [0.15, 0.2) is 17.3 Å². The molecule has 0 atom stereocenters. The van der Waals surface area contributed by atoms with Crippen LogP contribution in [0.4, 0.5) is 13.2 Å². The third-order valence-electron chi connectivity index (χ3n) is 3.65. The average Bonchev–Trinajstić information content (AvgIpc) is 2.58. The Kier molecular flexibility index (Phi) is 5.49. The molecule has 2 aromatic carbocycles. The van der Waals surface area contributed by atoms with Crippen molar-refractivity contribution in [3.8, 4) is 11.5 Å². The maximum Gasteiger partial charge on any atom is 0.416 e. The SMILES string of the molecule is COc1ccc(C(=O)CCc2ccccc2C(F)(F)F)cc1OC. The van der Waals surface area contributed by atoms with Crippen LogP contribution in [0.2, 0.25) is 0 Å². The van der Waals surface area contributed by atoms with Gasteiger partial charge in [0.25, 0.3) is 0 Å². The number of halogens is 3. The number of benzene rings is 2. The minimum Gasteiger partial charge on any atom is -0.493 e. The number of carbonyl (C=O) groups is 1. The van der Waals surface area contributed by atoms with E-state index < -0.39 is 11.7 Å². The number of alkyl halides is 3. The average molecular weight is 338 g/mol. The summed E-state index contributed by atoms with van der Waals surface area (Å²) in [4.78, 5) is 12.3. The fourth-order valence-electron chi connectivity index (χ4n) is 2.42. The van der Waals surface area contributed by atoms with Crippen molar-refractivity contribution >= 4 is 5.78 Å². The van der Waals surface area contributed by atoms with E-state index in [1.54, 1.807) is 12.1 Å². The molecular formula is C18H17F3O3. The van der Waals surface area contributed by atoms with Crippen molar-refractivity contribution < 1.29 is 27.4 Å². The summed E-state index contributed by atoms with van der Waals surface area (Å²) in [5.41, 5.74) is -0.221. The molecule has 0 saturated carbocycles. The fourth-order valence-corrected chi connectivity index (χ4v) is 2.42. The van der Waals surface area contributed by atoms with Crippen LogP contribution in [0.5, 0.6) is 11.5 Å². The van der Waals surface area contributed by atoms with Crippen molar-refractivity contribution in [1.29, 1.82) is 0 Å². The normalized spacial score (nSPS) is 11.2. The molecule has 0 aromatic heterocycles. The van der Waals surface area contributed by atoms with Crippen LogP contribution < -0.4 is 9.47 Å². The fraction of sp³-hybridized carbons (Fsp3) is 0.278. The molecule has 0 aliphatic heterocycles. The van der Waals surface area contributed by atoms with Crippen LogP contribution in [0.15, 0.2) is 42.5 Å². The van der Waals surface area contributed by atoms with Crippen molar-refractivity contribution in [2.45, 2.75) is 19.0 Å². The number of Topliss-reactive ketones (excluding diaryl/α,β-unsaturated/α-hetero) is 1. The molecule has 0 fully saturated rings. The number of ether oxygens (including phenoxy) is 2. The zero-order valence-electron chi connectivity index (χ0n) is 13.3. The topological polar surface area (TPSA) is 35.5 Å². The second-order valence-electron chi connectivity index (χ2n) is 5.15. The molecule has 0 spiro atoms. The lowest BCUT2D eigenvalue weighted by molar-refractivity contribution is -0.138. The third-order valence-corrected chi connectivity index (χ3v) is 3.65. The van der Waals surface area contributed by atoms with Gasteiger partial charge in [-0.1, -0.05) is 18.2 Å². The van der Waals surface area contributed by atoms with Crippen LogP contribution >= 0.6 is 0 Å². The largest absolute Gasteiger partial charge is 0.493 e. The van der Waals surface area contributed by atoms with E-state index in [-0.39, 0.29) is 24.2 Å². The highest BCUT2D eigenvalue weighted by Crippen LogP contribution is 2.33. The first-order valence-corrected chi connectivity index (χ1v) is 7.27. The highest BCUT2D eigenvalue weighted by molar-refractivity contribution is 5.96. The summed E-state index contributed by atoms with van der Waals surface area (Å²) >= 11 is 0. The van der Waals surface area contributed by atoms with Gasteiger partial charge in [0.2, 0.25) is 0 Å². The van der Waals surface area contributed by atoms with Crippen LogP contribution in [0.1, 0.15) is 27.9 Å². The Hall–Kier alpha value is -2.50. The van der Waals surface area contributed by atoms with Crippen molar-refractivity contribution in [3.63, 3.8) is 0 Å². The Morgan fingerprint density at radius 3 is 2.29 bits per heavy atom. The Balaban J connectivity index is 2.15. The molecule has 0 bridgehead atoms. The predicted molar refractivity (Wildman–Crippen MR) is 83.6 cm³/mol. The number of ketones is 1. The molecule has 6 heteroatoms. The van der Waals surface area contributed by atoms with Crippen molar-refractivity contribution in [2.24, 2.45) is 0 Å². The Labute approximate surface area is 138 Å². The van der Waals surface area contributed by atoms with E-state index in [1.165, 1.54) is 38.5 Å². The molecule has 3 nitrogen and oxygen atoms in total. The lowest BCUT2D eigenvalue weighted by Crippen LogP contribution is -2.10. The maximum atomic E-state index is 13.0. The van der Waals surface area contributed by atoms with Gasteiger partial charge in [0.1, 0.15) is 0 Å². The summed E-state index contributed by atoms with van der Waals surface area (Å²) in [5, 5.41) is 0. The number of rotatable bonds is 6. The Bertz CT molecular complexity index is 724. The van der Waals surface area contributed by atoms with Gasteiger partial charge in [-0.05, 0) is 36.2 Å². The van der Waals surface area contributed by atoms with Gasteiger partial charge in [-0.15, -0.1) is 0 Å². The summed E-state index contributed by atoms with van der Waals surface area (Å²) in [6.45, 7) is 0. The highest BCUT2D eigenvalue weighted by atomic mass is 19.4. The predicted octanol–water partition coefficient (Wildman–Crippen LogP) is 4.54. The van der Waals surface area contributed by atoms with Gasteiger partial charge in [-0.3, -0.25) is 4.79 Å². The van der Waals surface area contributed by atoms with E-state index in [0.29, 0.717) is 17.1 Å². The van der Waals surface area contributed by atoms with Crippen molar-refractivity contribution in [1.82, 2.24) is 0 Å². The van der Waals surface area contributed by atoms with E-state index in [4.69, 9.17) is 9.47 Å². The van der Waals surface area contributed by atoms with Crippen LogP contribution in [0, 0.1) is 0 Å². The van der Waals surface area contributed by atoms with Gasteiger partial charge in [0, 0.05) is 12.0 Å². The summed E-state index contributed by atoms with van der Waals surface area (Å²) in [7, 11) is 2.93. The maximum absolute atomic E-state index is 13.0. The van der Waals surface area contributed by atoms with Crippen LogP contribution in [0.3, 0.4) is 0 Å². The molecule has 0 aliphatic rings. The molecule has 0 N–H and O–H groups in total. The molecule has 0 saturated heterocycles. The smallest absolute Gasteiger partial charge is 0.416 e. The molecule has 0 radical (unpaired) electrons. The quantitative estimate of drug-likeness (QED) is 0.726. The van der Waals surface area contributed by atoms with E-state index in [2.05, 4.69) is 0 Å². The first-order valence-electron chi connectivity index (χ1n) is 7.27. The van der Waals surface area contributed by atoms with Crippen LogP contribution in [0.25, 0.3) is 0 Å². The monoisotopic (exact) mass is 338 g/mol. The zero-order valence-corrected chi connectivity index (χ0v) is 13.3. The van der Waals surface area contributed by atoms with Crippen LogP contribution in [-0.2, 0) is 12.6 Å². The van der Waals surface area contributed by atoms with Gasteiger partial charge in [-0.2, -0.15) is 13.2 Å². The molecule has 2 rings (SSSR count). The molecule has 24 heavy (non-hydrogen) atoms. The molecule has 0 aliphatic carbocycles. The lowest BCUT2D eigenvalue weighted by atomic mass is 9.98. The summed E-state index contributed by atoms with van der Waals surface area (Å²) in [5.74, 6) is 0.628. The minimum absolute atomic E-state index is 0.0167. The van der Waals surface area contributed by atoms with E-state index in [9.17, 15) is 18.0 Å². The van der Waals surface area contributed by atoms with E-state index >= 15 is 0 Å². The molecule has 0 amide bonds. The Morgan fingerprint density at radius 1 is 1.00 bits per heavy atom. The number of aryl methyl sites for hydroxylation is 1. The van der Waals surface area contributed by atoms with E-state index in [0.717, 1.165) is 6.07 Å². The van der Waals surface area contributed by atoms with E-state index in [1.807, 2.05) is 0 Å². The number of hydrogen-bond donors (Lipinski definition) is 0. The minimum atomic E-state index is -4.43. The molecule has 0 heterocycles. The van der Waals surface area contributed by atoms with Gasteiger partial charge < -0.3 is 9.47 Å². The number of carbonyl (C=O) groups excluding carboxylic acids is 1. The lowest BCUT2D eigenvalue weighted by Gasteiger charge is -2.12. The van der Waals surface area contributed by atoms with Gasteiger partial charge in [0.05, 0.1) is 19.8 Å². The van der Waals surface area contributed by atoms with Crippen LogP contribution in [-0.4, -0.2) is 20.0 Å². The Morgan fingerprint density at radius 2 is 1.67 bits per heavy atom. The van der Waals surface area contributed by atoms with Crippen molar-refractivity contribution in [2.75, 3.05) is 14.2 Å². The summed E-state index contributed by atoms with van der Waals surface area (Å²) in [6.07, 6.45) is -4.44. The van der Waals surface area contributed by atoms with Crippen molar-refractivity contribution in [3.05, 3.63) is 59.2 Å². The molecule has 128 valence electrons. The summed E-state index contributed by atoms with van der Waals surface area (Å²) < 4.78 is 49.1. The highest BCUT2D eigenvalue weighted by Gasteiger charge is 2.32. The standard InChI is InChI=1S/C18H17F3O3/c1-23-16-10-8-13(11-17(16)24-2)15(22)9-7-12-5-3-4-6-14(12)18(19,20)21/h3-6,8,10-11H,7,9H2,1-2H3. The summed E-state index contributed by atoms with van der Waals surface area (Å²) in [6, 6.07) is 9.97. The number of methoxy groups -OCH3 is 2. The first-order chi connectivity index (χ1) is 11.4. The van der Waals surface area contributed by atoms with Gasteiger partial charge >= 0.3 is 6.18 Å². The number of hydrogen-bond acceptors (Lipinski definition) is 3. The molecular weight excluding hydrogens is 321 g/mol. The third kappa shape index (κ3) is 4.07. The molecule has 2 aromatic rings. The second kappa shape index (κ2) is 7.38. The first kappa shape index (κ1) is 17.8. The second-order valence-corrected chi connectivity index (χ2v) is 5.15. The van der Waals surface area contributed by atoms with Gasteiger partial charge in [-0.25, -0.2) is 0 Å².